The standard InChI is InChI=1S/C18H29N/c1-3-19(4-2)16-15-18(13-9-6-10-14-18)17-11-7-5-8-12-17/h5,7-8,11-12H,3-4,6,9-10,13-16H2,1-2H3. The Kier molecular flexibility index (Phi) is 5.45. The molecule has 0 N–H and O–H groups in total. The fraction of sp³-hybridized carbons (Fsp3) is 0.667. The van der Waals surface area contributed by atoms with Gasteiger partial charge in [0.1, 0.15) is 0 Å². The summed E-state index contributed by atoms with van der Waals surface area (Å²) in [6.07, 6.45) is 8.36. The number of rotatable bonds is 6. The van der Waals surface area contributed by atoms with E-state index in [4.69, 9.17) is 0 Å². The second kappa shape index (κ2) is 7.09. The van der Waals surface area contributed by atoms with E-state index >= 15 is 0 Å². The van der Waals surface area contributed by atoms with Crippen LogP contribution in [0.2, 0.25) is 0 Å². The van der Waals surface area contributed by atoms with Gasteiger partial charge < -0.3 is 4.90 Å². The van der Waals surface area contributed by atoms with Crippen molar-refractivity contribution in [2.24, 2.45) is 0 Å². The molecule has 0 bridgehead atoms. The van der Waals surface area contributed by atoms with Crippen molar-refractivity contribution in [2.75, 3.05) is 19.6 Å². The predicted octanol–water partition coefficient (Wildman–Crippen LogP) is 4.62. The van der Waals surface area contributed by atoms with Crippen molar-refractivity contribution in [3.05, 3.63) is 35.9 Å². The molecule has 0 atom stereocenters. The van der Waals surface area contributed by atoms with Crippen molar-refractivity contribution in [1.82, 2.24) is 4.90 Å². The van der Waals surface area contributed by atoms with Gasteiger partial charge in [0.05, 0.1) is 0 Å². The lowest BCUT2D eigenvalue weighted by Gasteiger charge is -2.39. The van der Waals surface area contributed by atoms with Gasteiger partial charge in [-0.05, 0) is 49.9 Å². The smallest absolute Gasteiger partial charge is 0.00105 e. The first kappa shape index (κ1) is 14.6. The van der Waals surface area contributed by atoms with Crippen LogP contribution in [-0.4, -0.2) is 24.5 Å². The van der Waals surface area contributed by atoms with Gasteiger partial charge in [0.15, 0.2) is 0 Å². The number of hydrogen-bond acceptors (Lipinski definition) is 1. The Morgan fingerprint density at radius 1 is 0.947 bits per heavy atom. The van der Waals surface area contributed by atoms with Crippen LogP contribution in [0.5, 0.6) is 0 Å². The average molecular weight is 259 g/mol. The van der Waals surface area contributed by atoms with Gasteiger partial charge in [-0.2, -0.15) is 0 Å². The summed E-state index contributed by atoms with van der Waals surface area (Å²) in [4.78, 5) is 2.57. The fourth-order valence-corrected chi connectivity index (χ4v) is 3.62. The van der Waals surface area contributed by atoms with Gasteiger partial charge >= 0.3 is 0 Å². The second-order valence-corrected chi connectivity index (χ2v) is 5.98. The third-order valence-corrected chi connectivity index (χ3v) is 5.00. The van der Waals surface area contributed by atoms with Crippen LogP contribution in [0, 0.1) is 0 Å². The van der Waals surface area contributed by atoms with Crippen LogP contribution in [0.15, 0.2) is 30.3 Å². The Bertz CT molecular complexity index is 347. The lowest BCUT2D eigenvalue weighted by atomic mass is 9.67. The summed E-state index contributed by atoms with van der Waals surface area (Å²) in [5.41, 5.74) is 2.05. The minimum atomic E-state index is 0.460. The monoisotopic (exact) mass is 259 g/mol. The molecule has 0 heterocycles. The molecule has 1 fully saturated rings. The summed E-state index contributed by atoms with van der Waals surface area (Å²) < 4.78 is 0. The molecule has 0 spiro atoms. The van der Waals surface area contributed by atoms with Gasteiger partial charge in [-0.25, -0.2) is 0 Å². The number of benzene rings is 1. The van der Waals surface area contributed by atoms with E-state index < -0.39 is 0 Å². The number of hydrogen-bond donors (Lipinski definition) is 0. The van der Waals surface area contributed by atoms with Gasteiger partial charge in [0.2, 0.25) is 0 Å². The summed E-state index contributed by atoms with van der Waals surface area (Å²) >= 11 is 0. The van der Waals surface area contributed by atoms with E-state index in [1.165, 1.54) is 58.2 Å². The highest BCUT2D eigenvalue weighted by Crippen LogP contribution is 2.42. The van der Waals surface area contributed by atoms with Crippen LogP contribution in [0.4, 0.5) is 0 Å². The van der Waals surface area contributed by atoms with Gasteiger partial charge in [-0.1, -0.05) is 63.4 Å². The third kappa shape index (κ3) is 3.60. The first-order valence-electron chi connectivity index (χ1n) is 8.08. The molecule has 2 rings (SSSR count). The molecule has 1 heteroatoms. The molecule has 1 saturated carbocycles. The van der Waals surface area contributed by atoms with Crippen molar-refractivity contribution >= 4 is 0 Å². The molecule has 0 radical (unpaired) electrons. The maximum Gasteiger partial charge on any atom is -0.00105 e. The van der Waals surface area contributed by atoms with Crippen LogP contribution in [0.3, 0.4) is 0 Å². The molecule has 1 aliphatic rings. The highest BCUT2D eigenvalue weighted by molar-refractivity contribution is 5.26. The largest absolute Gasteiger partial charge is 0.304 e. The summed E-state index contributed by atoms with van der Waals surface area (Å²) in [5, 5.41) is 0. The summed E-state index contributed by atoms with van der Waals surface area (Å²) in [6.45, 7) is 8.17. The predicted molar refractivity (Wildman–Crippen MR) is 83.6 cm³/mol. The van der Waals surface area contributed by atoms with Crippen molar-refractivity contribution in [3.8, 4) is 0 Å². The minimum Gasteiger partial charge on any atom is -0.304 e. The van der Waals surface area contributed by atoms with E-state index in [0.717, 1.165) is 0 Å². The van der Waals surface area contributed by atoms with Crippen LogP contribution < -0.4 is 0 Å². The lowest BCUT2D eigenvalue weighted by Crippen LogP contribution is -2.35. The molecular formula is C18H29N. The van der Waals surface area contributed by atoms with E-state index in [2.05, 4.69) is 49.1 Å². The zero-order chi connectivity index (χ0) is 13.6. The van der Waals surface area contributed by atoms with E-state index in [-0.39, 0.29) is 0 Å². The molecule has 0 aromatic heterocycles. The first-order chi connectivity index (χ1) is 9.30. The van der Waals surface area contributed by atoms with Crippen LogP contribution in [0.1, 0.15) is 57.9 Å². The maximum absolute atomic E-state index is 2.57. The molecular weight excluding hydrogens is 230 g/mol. The Balaban J connectivity index is 2.11. The van der Waals surface area contributed by atoms with Crippen molar-refractivity contribution < 1.29 is 0 Å². The Morgan fingerprint density at radius 2 is 1.58 bits per heavy atom. The molecule has 19 heavy (non-hydrogen) atoms. The molecule has 0 saturated heterocycles. The van der Waals surface area contributed by atoms with Gasteiger partial charge in [-0.15, -0.1) is 0 Å². The third-order valence-electron chi connectivity index (χ3n) is 5.00. The summed E-state index contributed by atoms with van der Waals surface area (Å²) in [6, 6.07) is 11.3. The zero-order valence-electron chi connectivity index (χ0n) is 12.7. The SMILES string of the molecule is CCN(CC)CCC1(c2ccccc2)CCCCC1. The molecule has 1 aliphatic carbocycles. The fourth-order valence-electron chi connectivity index (χ4n) is 3.62. The quantitative estimate of drug-likeness (QED) is 0.720. The average Bonchev–Trinajstić information content (AvgIpc) is 2.50. The highest BCUT2D eigenvalue weighted by Gasteiger charge is 2.33. The van der Waals surface area contributed by atoms with E-state index in [1.807, 2.05) is 0 Å². The van der Waals surface area contributed by atoms with Crippen molar-refractivity contribution in [2.45, 2.75) is 57.8 Å². The van der Waals surface area contributed by atoms with Crippen molar-refractivity contribution in [3.63, 3.8) is 0 Å². The summed E-state index contributed by atoms with van der Waals surface area (Å²) in [7, 11) is 0. The first-order valence-corrected chi connectivity index (χ1v) is 8.08. The molecule has 106 valence electrons. The van der Waals surface area contributed by atoms with Gasteiger partial charge in [0, 0.05) is 0 Å². The molecule has 0 amide bonds. The normalized spacial score (nSPS) is 18.7. The van der Waals surface area contributed by atoms with Gasteiger partial charge in [0.25, 0.3) is 0 Å². The highest BCUT2D eigenvalue weighted by atomic mass is 15.1. The topological polar surface area (TPSA) is 3.24 Å². The Labute approximate surface area is 119 Å². The van der Waals surface area contributed by atoms with E-state index in [1.54, 1.807) is 5.56 Å². The van der Waals surface area contributed by atoms with Gasteiger partial charge in [-0.3, -0.25) is 0 Å². The van der Waals surface area contributed by atoms with Crippen molar-refractivity contribution in [1.29, 1.82) is 0 Å². The maximum atomic E-state index is 2.57. The zero-order valence-corrected chi connectivity index (χ0v) is 12.7. The Morgan fingerprint density at radius 3 is 2.16 bits per heavy atom. The molecule has 0 aliphatic heterocycles. The molecule has 1 aromatic carbocycles. The molecule has 1 aromatic rings. The summed E-state index contributed by atoms with van der Waals surface area (Å²) in [5.74, 6) is 0. The molecule has 1 nitrogen and oxygen atoms in total. The second-order valence-electron chi connectivity index (χ2n) is 5.98. The van der Waals surface area contributed by atoms with Crippen LogP contribution in [0.25, 0.3) is 0 Å². The van der Waals surface area contributed by atoms with E-state index in [9.17, 15) is 0 Å². The molecule has 0 unspecified atom stereocenters. The van der Waals surface area contributed by atoms with Crippen LogP contribution >= 0.6 is 0 Å². The minimum absolute atomic E-state index is 0.460. The number of nitrogens with zero attached hydrogens (tertiary/aromatic N) is 1. The van der Waals surface area contributed by atoms with E-state index in [0.29, 0.717) is 5.41 Å². The lowest BCUT2D eigenvalue weighted by molar-refractivity contribution is 0.215. The van der Waals surface area contributed by atoms with Crippen LogP contribution in [-0.2, 0) is 5.41 Å². The Hall–Kier alpha value is -0.820.